The molecule has 1 aliphatic rings. The standard InChI is InChI=1S/C12H15BrClFN2.ClH/c13-9-1-2-11(14)10(7-9)12(8-15)17-5-3-16-4-6-17;/h1-2,7,12,16H,3-6,8H2;1H/t12-;/m0./s1. The predicted molar refractivity (Wildman–Crippen MR) is 79.6 cm³/mol. The summed E-state index contributed by atoms with van der Waals surface area (Å²) >= 11 is 9.57. The molecule has 0 aliphatic carbocycles. The van der Waals surface area contributed by atoms with Gasteiger partial charge < -0.3 is 5.32 Å². The van der Waals surface area contributed by atoms with Crippen LogP contribution in [0.4, 0.5) is 4.39 Å². The maximum absolute atomic E-state index is 13.3. The number of hydrogen-bond donors (Lipinski definition) is 1. The Morgan fingerprint density at radius 3 is 2.67 bits per heavy atom. The lowest BCUT2D eigenvalue weighted by Gasteiger charge is -2.34. The zero-order valence-electron chi connectivity index (χ0n) is 9.83. The molecule has 2 rings (SSSR count). The molecule has 1 N–H and O–H groups in total. The van der Waals surface area contributed by atoms with Gasteiger partial charge in [-0.1, -0.05) is 27.5 Å². The summed E-state index contributed by atoms with van der Waals surface area (Å²) in [7, 11) is 0. The van der Waals surface area contributed by atoms with Crippen molar-refractivity contribution in [1.29, 1.82) is 0 Å². The van der Waals surface area contributed by atoms with E-state index in [0.717, 1.165) is 36.2 Å². The minimum absolute atomic E-state index is 0. The number of halogens is 4. The molecule has 0 unspecified atom stereocenters. The predicted octanol–water partition coefficient (Wildman–Crippen LogP) is 3.44. The number of alkyl halides is 1. The Morgan fingerprint density at radius 1 is 1.39 bits per heavy atom. The highest BCUT2D eigenvalue weighted by Crippen LogP contribution is 2.30. The van der Waals surface area contributed by atoms with E-state index in [9.17, 15) is 4.39 Å². The molecule has 1 heterocycles. The molecule has 1 saturated heterocycles. The fourth-order valence-electron chi connectivity index (χ4n) is 2.14. The Labute approximate surface area is 126 Å². The lowest BCUT2D eigenvalue weighted by Crippen LogP contribution is -2.45. The number of rotatable bonds is 3. The first-order valence-corrected chi connectivity index (χ1v) is 6.85. The average Bonchev–Trinajstić information content (AvgIpc) is 2.36. The minimum atomic E-state index is -0.407. The molecule has 102 valence electrons. The molecule has 0 bridgehead atoms. The quantitative estimate of drug-likeness (QED) is 0.891. The third-order valence-electron chi connectivity index (χ3n) is 3.06. The zero-order chi connectivity index (χ0) is 12.3. The Balaban J connectivity index is 0.00000162. The highest BCUT2D eigenvalue weighted by Gasteiger charge is 2.24. The molecular weight excluding hydrogens is 342 g/mol. The van der Waals surface area contributed by atoms with Gasteiger partial charge in [0.2, 0.25) is 0 Å². The Hall–Kier alpha value is 0.130. The van der Waals surface area contributed by atoms with Crippen molar-refractivity contribution >= 4 is 39.9 Å². The third kappa shape index (κ3) is 3.81. The van der Waals surface area contributed by atoms with Crippen molar-refractivity contribution in [3.05, 3.63) is 33.3 Å². The molecule has 1 aromatic rings. The summed E-state index contributed by atoms with van der Waals surface area (Å²) in [5.41, 5.74) is 0.866. The molecule has 2 nitrogen and oxygen atoms in total. The maximum Gasteiger partial charge on any atom is 0.109 e. The summed E-state index contributed by atoms with van der Waals surface area (Å²) in [6, 6.07) is 5.36. The first-order valence-electron chi connectivity index (χ1n) is 5.68. The van der Waals surface area contributed by atoms with Gasteiger partial charge in [0.05, 0.1) is 6.04 Å². The molecule has 0 aromatic heterocycles. The monoisotopic (exact) mass is 356 g/mol. The van der Waals surface area contributed by atoms with Crippen LogP contribution in [0.1, 0.15) is 11.6 Å². The fourth-order valence-corrected chi connectivity index (χ4v) is 2.76. The highest BCUT2D eigenvalue weighted by molar-refractivity contribution is 9.10. The number of piperazine rings is 1. The van der Waals surface area contributed by atoms with E-state index in [-0.39, 0.29) is 18.4 Å². The summed E-state index contributed by atoms with van der Waals surface area (Å²) in [6.45, 7) is 3.12. The molecular formula is C12H16BrCl2FN2. The van der Waals surface area contributed by atoms with Crippen LogP contribution in [0.5, 0.6) is 0 Å². The topological polar surface area (TPSA) is 15.3 Å². The van der Waals surface area contributed by atoms with Crippen molar-refractivity contribution in [2.24, 2.45) is 0 Å². The van der Waals surface area contributed by atoms with E-state index in [0.29, 0.717) is 5.02 Å². The van der Waals surface area contributed by atoms with Crippen molar-refractivity contribution in [3.63, 3.8) is 0 Å². The molecule has 1 fully saturated rings. The van der Waals surface area contributed by atoms with Crippen LogP contribution in [0.2, 0.25) is 5.02 Å². The van der Waals surface area contributed by atoms with Crippen molar-refractivity contribution in [2.75, 3.05) is 32.9 Å². The molecule has 1 atom stereocenters. The average molecular weight is 358 g/mol. The van der Waals surface area contributed by atoms with E-state index < -0.39 is 6.67 Å². The number of nitrogens with one attached hydrogen (secondary N) is 1. The van der Waals surface area contributed by atoms with Gasteiger partial charge in [0.1, 0.15) is 6.67 Å². The smallest absolute Gasteiger partial charge is 0.109 e. The van der Waals surface area contributed by atoms with Crippen LogP contribution in [0.3, 0.4) is 0 Å². The van der Waals surface area contributed by atoms with Crippen LogP contribution < -0.4 is 5.32 Å². The van der Waals surface area contributed by atoms with Crippen LogP contribution in [-0.4, -0.2) is 37.8 Å². The van der Waals surface area contributed by atoms with E-state index in [1.54, 1.807) is 0 Å². The summed E-state index contributed by atoms with van der Waals surface area (Å²) in [5.74, 6) is 0. The molecule has 0 amide bonds. The molecule has 0 saturated carbocycles. The highest BCUT2D eigenvalue weighted by atomic mass is 79.9. The van der Waals surface area contributed by atoms with Gasteiger partial charge in [0.15, 0.2) is 0 Å². The second kappa shape index (κ2) is 7.65. The largest absolute Gasteiger partial charge is 0.314 e. The van der Waals surface area contributed by atoms with Gasteiger partial charge in [-0.25, -0.2) is 4.39 Å². The molecule has 0 radical (unpaired) electrons. The van der Waals surface area contributed by atoms with Crippen molar-refractivity contribution in [1.82, 2.24) is 10.2 Å². The second-order valence-corrected chi connectivity index (χ2v) is 5.44. The molecule has 6 heteroatoms. The summed E-state index contributed by atoms with van der Waals surface area (Å²) in [5, 5.41) is 3.90. The van der Waals surface area contributed by atoms with E-state index >= 15 is 0 Å². The van der Waals surface area contributed by atoms with E-state index in [4.69, 9.17) is 11.6 Å². The van der Waals surface area contributed by atoms with E-state index in [1.807, 2.05) is 18.2 Å². The molecule has 1 aromatic carbocycles. The van der Waals surface area contributed by atoms with Gasteiger partial charge >= 0.3 is 0 Å². The Morgan fingerprint density at radius 2 is 2.06 bits per heavy atom. The van der Waals surface area contributed by atoms with Crippen molar-refractivity contribution in [2.45, 2.75) is 6.04 Å². The van der Waals surface area contributed by atoms with Crippen LogP contribution in [0.25, 0.3) is 0 Å². The summed E-state index contributed by atoms with van der Waals surface area (Å²) in [4.78, 5) is 2.14. The van der Waals surface area contributed by atoms with Gasteiger partial charge in [-0.2, -0.15) is 0 Å². The summed E-state index contributed by atoms with van der Waals surface area (Å²) < 4.78 is 14.2. The van der Waals surface area contributed by atoms with Gasteiger partial charge in [0.25, 0.3) is 0 Å². The van der Waals surface area contributed by atoms with Gasteiger partial charge in [-0.15, -0.1) is 12.4 Å². The second-order valence-electron chi connectivity index (χ2n) is 4.12. The lowest BCUT2D eigenvalue weighted by molar-refractivity contribution is 0.147. The number of hydrogen-bond acceptors (Lipinski definition) is 2. The van der Waals surface area contributed by atoms with Crippen LogP contribution in [-0.2, 0) is 0 Å². The SMILES string of the molecule is Cl.FC[C@@H](c1cc(Br)ccc1Cl)N1CCNCC1. The Kier molecular flexibility index (Phi) is 6.88. The van der Waals surface area contributed by atoms with Crippen LogP contribution in [0, 0.1) is 0 Å². The number of nitrogens with zero attached hydrogens (tertiary/aromatic N) is 1. The lowest BCUT2D eigenvalue weighted by atomic mass is 10.1. The van der Waals surface area contributed by atoms with Crippen molar-refractivity contribution in [3.8, 4) is 0 Å². The van der Waals surface area contributed by atoms with Crippen molar-refractivity contribution < 1.29 is 4.39 Å². The molecule has 18 heavy (non-hydrogen) atoms. The van der Waals surface area contributed by atoms with Crippen LogP contribution >= 0.6 is 39.9 Å². The van der Waals surface area contributed by atoms with E-state index in [2.05, 4.69) is 26.1 Å². The van der Waals surface area contributed by atoms with Crippen LogP contribution in [0.15, 0.2) is 22.7 Å². The number of benzene rings is 1. The first-order chi connectivity index (χ1) is 8.22. The van der Waals surface area contributed by atoms with Gasteiger partial charge in [-0.3, -0.25) is 4.90 Å². The maximum atomic E-state index is 13.3. The molecule has 0 spiro atoms. The van der Waals surface area contributed by atoms with Gasteiger partial charge in [0, 0.05) is 35.7 Å². The zero-order valence-corrected chi connectivity index (χ0v) is 13.0. The molecule has 1 aliphatic heterocycles. The minimum Gasteiger partial charge on any atom is -0.314 e. The Bertz CT molecular complexity index is 386. The van der Waals surface area contributed by atoms with Gasteiger partial charge in [-0.05, 0) is 23.8 Å². The normalized spacial score (nSPS) is 18.2. The fraction of sp³-hybridized carbons (Fsp3) is 0.500. The van der Waals surface area contributed by atoms with E-state index in [1.165, 1.54) is 0 Å². The third-order valence-corrected chi connectivity index (χ3v) is 3.89. The summed E-state index contributed by atoms with van der Waals surface area (Å²) in [6.07, 6.45) is 0. The first kappa shape index (κ1) is 16.2.